The third kappa shape index (κ3) is 4.98. The number of hydrogen-bond acceptors (Lipinski definition) is 3. The maximum absolute atomic E-state index is 12.4. The van der Waals surface area contributed by atoms with E-state index in [1.807, 2.05) is 4.90 Å². The molecule has 4 heteroatoms. The number of likely N-dealkylation sites (tertiary alicyclic amines) is 1. The van der Waals surface area contributed by atoms with E-state index in [9.17, 15) is 4.79 Å². The Labute approximate surface area is 144 Å². The average molecular weight is 333 g/mol. The molecule has 1 saturated carbocycles. The van der Waals surface area contributed by atoms with Crippen molar-refractivity contribution < 1.29 is 4.79 Å². The molecule has 23 heavy (non-hydrogen) atoms. The number of benzene rings is 1. The number of rotatable bonds is 6. The highest BCUT2D eigenvalue weighted by molar-refractivity contribution is 8.00. The van der Waals surface area contributed by atoms with Gasteiger partial charge in [-0.15, -0.1) is 11.8 Å². The van der Waals surface area contributed by atoms with Crippen LogP contribution in [0.1, 0.15) is 36.8 Å². The summed E-state index contributed by atoms with van der Waals surface area (Å²) in [5.74, 6) is 1.78. The maximum Gasteiger partial charge on any atom is 0.232 e. The lowest BCUT2D eigenvalue weighted by molar-refractivity contribution is -0.129. The summed E-state index contributed by atoms with van der Waals surface area (Å²) in [4.78, 5) is 15.7. The topological polar surface area (TPSA) is 32.3 Å². The van der Waals surface area contributed by atoms with Crippen LogP contribution in [0.3, 0.4) is 0 Å². The van der Waals surface area contributed by atoms with Crippen LogP contribution in [0.25, 0.3) is 0 Å². The smallest absolute Gasteiger partial charge is 0.232 e. The van der Waals surface area contributed by atoms with Gasteiger partial charge in [0.25, 0.3) is 0 Å². The van der Waals surface area contributed by atoms with Crippen molar-refractivity contribution in [3.05, 3.63) is 29.3 Å². The highest BCUT2D eigenvalue weighted by Crippen LogP contribution is 2.28. The lowest BCUT2D eigenvalue weighted by atomic mass is 10.0. The van der Waals surface area contributed by atoms with E-state index in [1.165, 1.54) is 35.4 Å². The molecule has 2 fully saturated rings. The summed E-state index contributed by atoms with van der Waals surface area (Å²) in [5.41, 5.74) is 2.52. The van der Waals surface area contributed by atoms with E-state index in [4.69, 9.17) is 0 Å². The largest absolute Gasteiger partial charge is 0.342 e. The zero-order valence-electron chi connectivity index (χ0n) is 14.3. The predicted octanol–water partition coefficient (Wildman–Crippen LogP) is 3.39. The van der Waals surface area contributed by atoms with E-state index in [0.29, 0.717) is 11.8 Å². The fourth-order valence-corrected chi connectivity index (χ4v) is 4.11. The van der Waals surface area contributed by atoms with E-state index >= 15 is 0 Å². The van der Waals surface area contributed by atoms with Crippen LogP contribution in [0.15, 0.2) is 23.1 Å². The SMILES string of the molecule is Cc1ccc(C)c(SCC(=O)N2CCC(NCC3CC3)CC2)c1. The van der Waals surface area contributed by atoms with Gasteiger partial charge in [0.1, 0.15) is 0 Å². The molecule has 1 aromatic carbocycles. The maximum atomic E-state index is 12.4. The second-order valence-electron chi connectivity index (χ2n) is 7.06. The van der Waals surface area contributed by atoms with Gasteiger partial charge in [-0.2, -0.15) is 0 Å². The normalized spacial score (nSPS) is 19.1. The molecule has 0 unspecified atom stereocenters. The molecule has 1 aliphatic heterocycles. The molecule has 0 bridgehead atoms. The van der Waals surface area contributed by atoms with E-state index in [2.05, 4.69) is 37.4 Å². The van der Waals surface area contributed by atoms with Crippen molar-refractivity contribution in [2.24, 2.45) is 5.92 Å². The van der Waals surface area contributed by atoms with Crippen LogP contribution < -0.4 is 5.32 Å². The van der Waals surface area contributed by atoms with Crippen LogP contribution in [0.4, 0.5) is 0 Å². The molecule has 3 rings (SSSR count). The zero-order valence-corrected chi connectivity index (χ0v) is 15.1. The molecule has 1 heterocycles. The third-order valence-electron chi connectivity index (χ3n) is 4.93. The number of carbonyl (C=O) groups excluding carboxylic acids is 1. The Bertz CT molecular complexity index is 548. The summed E-state index contributed by atoms with van der Waals surface area (Å²) in [5, 5.41) is 3.67. The summed E-state index contributed by atoms with van der Waals surface area (Å²) in [7, 11) is 0. The minimum absolute atomic E-state index is 0.288. The van der Waals surface area contributed by atoms with Gasteiger partial charge in [-0.25, -0.2) is 0 Å². The summed E-state index contributed by atoms with van der Waals surface area (Å²) in [6.45, 7) is 7.22. The summed E-state index contributed by atoms with van der Waals surface area (Å²) in [6, 6.07) is 7.06. The second-order valence-corrected chi connectivity index (χ2v) is 8.08. The number of piperidine rings is 1. The highest BCUT2D eigenvalue weighted by atomic mass is 32.2. The first kappa shape index (κ1) is 16.8. The monoisotopic (exact) mass is 332 g/mol. The van der Waals surface area contributed by atoms with Gasteiger partial charge in [-0.1, -0.05) is 17.7 Å². The van der Waals surface area contributed by atoms with Gasteiger partial charge < -0.3 is 10.2 Å². The number of carbonyl (C=O) groups is 1. The predicted molar refractivity (Wildman–Crippen MR) is 97.0 cm³/mol. The standard InChI is InChI=1S/C19H28N2OS/c1-14-3-4-15(2)18(11-14)23-13-19(22)21-9-7-17(8-10-21)20-12-16-5-6-16/h3-4,11,16-17,20H,5-10,12-13H2,1-2H3. The summed E-state index contributed by atoms with van der Waals surface area (Å²) in [6.07, 6.45) is 5.01. The molecule has 0 radical (unpaired) electrons. The van der Waals surface area contributed by atoms with Crippen LogP contribution in [-0.4, -0.2) is 42.2 Å². The molecule has 1 aliphatic carbocycles. The van der Waals surface area contributed by atoms with E-state index < -0.39 is 0 Å². The van der Waals surface area contributed by atoms with Gasteiger partial charge in [0.2, 0.25) is 5.91 Å². The molecule has 1 aromatic rings. The minimum atomic E-state index is 0.288. The molecule has 3 nitrogen and oxygen atoms in total. The van der Waals surface area contributed by atoms with Crippen LogP contribution >= 0.6 is 11.8 Å². The molecule has 1 saturated heterocycles. The first-order valence-electron chi connectivity index (χ1n) is 8.83. The van der Waals surface area contributed by atoms with Crippen molar-refractivity contribution >= 4 is 17.7 Å². The van der Waals surface area contributed by atoms with Crippen molar-refractivity contribution in [1.82, 2.24) is 10.2 Å². The Morgan fingerprint density at radius 3 is 2.65 bits per heavy atom. The number of thioether (sulfide) groups is 1. The van der Waals surface area contributed by atoms with Crippen molar-refractivity contribution in [2.75, 3.05) is 25.4 Å². The van der Waals surface area contributed by atoms with Crippen molar-refractivity contribution in [3.8, 4) is 0 Å². The van der Waals surface area contributed by atoms with Gasteiger partial charge in [-0.05, 0) is 63.6 Å². The molecule has 2 aliphatic rings. The fraction of sp³-hybridized carbons (Fsp3) is 0.632. The van der Waals surface area contributed by atoms with Crippen molar-refractivity contribution in [1.29, 1.82) is 0 Å². The van der Waals surface area contributed by atoms with E-state index in [-0.39, 0.29) is 5.91 Å². The first-order chi connectivity index (χ1) is 11.1. The lowest BCUT2D eigenvalue weighted by Crippen LogP contribution is -2.45. The second kappa shape index (κ2) is 7.71. The Morgan fingerprint density at radius 2 is 1.96 bits per heavy atom. The van der Waals surface area contributed by atoms with Gasteiger partial charge in [0, 0.05) is 24.0 Å². The molecular weight excluding hydrogens is 304 g/mol. The molecule has 0 aromatic heterocycles. The summed E-state index contributed by atoms with van der Waals surface area (Å²) >= 11 is 1.68. The first-order valence-corrected chi connectivity index (χ1v) is 9.81. The molecular formula is C19H28N2OS. The Kier molecular flexibility index (Phi) is 5.65. The quantitative estimate of drug-likeness (QED) is 0.811. The average Bonchev–Trinajstić information content (AvgIpc) is 3.38. The summed E-state index contributed by atoms with van der Waals surface area (Å²) < 4.78 is 0. The van der Waals surface area contributed by atoms with Crippen molar-refractivity contribution in [3.63, 3.8) is 0 Å². The van der Waals surface area contributed by atoms with Gasteiger partial charge in [-0.3, -0.25) is 4.79 Å². The number of nitrogens with one attached hydrogen (secondary N) is 1. The molecule has 0 spiro atoms. The number of hydrogen-bond donors (Lipinski definition) is 1. The Morgan fingerprint density at radius 1 is 1.22 bits per heavy atom. The van der Waals surface area contributed by atoms with Crippen LogP contribution in [0, 0.1) is 19.8 Å². The third-order valence-corrected chi connectivity index (χ3v) is 6.08. The molecule has 126 valence electrons. The van der Waals surface area contributed by atoms with Crippen LogP contribution in [0.5, 0.6) is 0 Å². The number of amides is 1. The van der Waals surface area contributed by atoms with Gasteiger partial charge in [0.05, 0.1) is 5.75 Å². The minimum Gasteiger partial charge on any atom is -0.342 e. The van der Waals surface area contributed by atoms with Crippen molar-refractivity contribution in [2.45, 2.75) is 50.5 Å². The molecule has 1 amide bonds. The van der Waals surface area contributed by atoms with Crippen LogP contribution in [-0.2, 0) is 4.79 Å². The van der Waals surface area contributed by atoms with E-state index in [0.717, 1.165) is 31.8 Å². The van der Waals surface area contributed by atoms with Gasteiger partial charge in [0.15, 0.2) is 0 Å². The highest BCUT2D eigenvalue weighted by Gasteiger charge is 2.25. The molecule has 0 atom stereocenters. The zero-order chi connectivity index (χ0) is 16.2. The lowest BCUT2D eigenvalue weighted by Gasteiger charge is -2.32. The fourth-order valence-electron chi connectivity index (χ4n) is 3.08. The van der Waals surface area contributed by atoms with E-state index in [1.54, 1.807) is 11.8 Å². The Hall–Kier alpha value is -1.00. The number of aryl methyl sites for hydroxylation is 2. The molecule has 1 N–H and O–H groups in total. The van der Waals surface area contributed by atoms with Crippen LogP contribution in [0.2, 0.25) is 0 Å². The Balaban J connectivity index is 1.41. The number of nitrogens with zero attached hydrogens (tertiary/aromatic N) is 1. The van der Waals surface area contributed by atoms with Gasteiger partial charge >= 0.3 is 0 Å².